The van der Waals surface area contributed by atoms with Crippen LogP contribution < -0.4 is 15.0 Å². The number of hydrogen-bond donors (Lipinski definition) is 2. The number of benzene rings is 2. The zero-order chi connectivity index (χ0) is 20.8. The molecule has 154 valence electrons. The zero-order valence-corrected chi connectivity index (χ0v) is 17.6. The molecule has 2 aromatic rings. The number of nitrogens with one attached hydrogen (secondary N) is 2. The normalized spacial score (nSPS) is 14.5. The molecule has 2 N–H and O–H groups in total. The van der Waals surface area contributed by atoms with E-state index in [1.54, 1.807) is 17.0 Å². The van der Waals surface area contributed by atoms with Crippen LogP contribution in [0.4, 0.5) is 5.69 Å². The molecule has 0 saturated carbocycles. The van der Waals surface area contributed by atoms with Crippen LogP contribution in [0, 0.1) is 13.8 Å². The lowest BCUT2D eigenvalue weighted by atomic mass is 10.1. The molecule has 1 saturated heterocycles. The van der Waals surface area contributed by atoms with E-state index in [1.165, 1.54) is 4.90 Å². The van der Waals surface area contributed by atoms with E-state index in [0.717, 1.165) is 29.9 Å². The van der Waals surface area contributed by atoms with Crippen LogP contribution in [0.5, 0.6) is 5.75 Å². The standard InChI is InChI=1S/C22H26ClN3O3/c1-16-6-5-7-17(2)22(16)24-20(27)14-25-10-12-26(13-11-25)21(28)15-29-19-9-4-3-8-18(19)23/h3-9H,10-15H2,1-2H3,(H,24,27)/p+1. The fourth-order valence-electron chi connectivity index (χ4n) is 3.46. The highest BCUT2D eigenvalue weighted by Crippen LogP contribution is 2.23. The van der Waals surface area contributed by atoms with Gasteiger partial charge in [0.15, 0.2) is 13.2 Å². The molecule has 1 aliphatic heterocycles. The van der Waals surface area contributed by atoms with E-state index in [4.69, 9.17) is 16.3 Å². The summed E-state index contributed by atoms with van der Waals surface area (Å²) in [5.74, 6) is 0.443. The first-order valence-corrected chi connectivity index (χ1v) is 10.2. The molecule has 0 unspecified atom stereocenters. The van der Waals surface area contributed by atoms with E-state index in [2.05, 4.69) is 5.32 Å². The summed E-state index contributed by atoms with van der Waals surface area (Å²) in [4.78, 5) is 27.8. The molecule has 1 fully saturated rings. The van der Waals surface area contributed by atoms with Gasteiger partial charge in [0.1, 0.15) is 5.75 Å². The van der Waals surface area contributed by atoms with Crippen molar-refractivity contribution in [3.8, 4) is 5.75 Å². The van der Waals surface area contributed by atoms with Crippen molar-refractivity contribution in [3.63, 3.8) is 0 Å². The minimum absolute atomic E-state index is 0.000714. The first kappa shape index (κ1) is 21.1. The number of piperazine rings is 1. The summed E-state index contributed by atoms with van der Waals surface area (Å²) in [5, 5.41) is 3.52. The minimum Gasteiger partial charge on any atom is -0.482 e. The van der Waals surface area contributed by atoms with Gasteiger partial charge in [-0.05, 0) is 37.1 Å². The SMILES string of the molecule is Cc1cccc(C)c1NC(=O)C[NH+]1CCN(C(=O)COc2ccccc2Cl)CC1. The van der Waals surface area contributed by atoms with E-state index in [9.17, 15) is 9.59 Å². The van der Waals surface area contributed by atoms with Crippen molar-refractivity contribution in [3.05, 3.63) is 58.6 Å². The number of carbonyl (C=O) groups excluding carboxylic acids is 2. The Bertz CT molecular complexity index is 859. The lowest BCUT2D eigenvalue weighted by molar-refractivity contribution is -0.895. The maximum Gasteiger partial charge on any atom is 0.279 e. The summed E-state index contributed by atoms with van der Waals surface area (Å²) in [6.45, 7) is 7.02. The Labute approximate surface area is 176 Å². The van der Waals surface area contributed by atoms with Crippen LogP contribution in [0.3, 0.4) is 0 Å². The van der Waals surface area contributed by atoms with Crippen LogP contribution >= 0.6 is 11.6 Å². The van der Waals surface area contributed by atoms with Crippen molar-refractivity contribution in [2.75, 3.05) is 44.6 Å². The summed E-state index contributed by atoms with van der Waals surface area (Å²) in [6.07, 6.45) is 0. The van der Waals surface area contributed by atoms with Crippen molar-refractivity contribution in [1.29, 1.82) is 0 Å². The second kappa shape index (κ2) is 9.76. The average Bonchev–Trinajstić information content (AvgIpc) is 2.70. The van der Waals surface area contributed by atoms with Crippen LogP contribution in [-0.4, -0.2) is 56.0 Å². The summed E-state index contributed by atoms with van der Waals surface area (Å²) >= 11 is 6.05. The van der Waals surface area contributed by atoms with Crippen molar-refractivity contribution in [1.82, 2.24) is 4.90 Å². The molecule has 0 radical (unpaired) electrons. The maximum absolute atomic E-state index is 12.4. The smallest absolute Gasteiger partial charge is 0.279 e. The molecule has 29 heavy (non-hydrogen) atoms. The molecule has 0 aliphatic carbocycles. The van der Waals surface area contributed by atoms with Crippen LogP contribution in [0.2, 0.25) is 5.02 Å². The Hall–Kier alpha value is -2.57. The number of halogens is 1. The first-order valence-electron chi connectivity index (χ1n) is 9.79. The number of quaternary nitrogens is 1. The van der Waals surface area contributed by atoms with E-state index in [1.807, 2.05) is 44.2 Å². The minimum atomic E-state index is -0.0658. The quantitative estimate of drug-likeness (QED) is 0.753. The van der Waals surface area contributed by atoms with Crippen LogP contribution in [-0.2, 0) is 9.59 Å². The Morgan fingerprint density at radius 2 is 1.72 bits per heavy atom. The predicted octanol–water partition coefficient (Wildman–Crippen LogP) is 1.70. The second-order valence-corrected chi connectivity index (χ2v) is 7.75. The average molecular weight is 417 g/mol. The number of para-hydroxylation sites is 2. The summed E-state index contributed by atoms with van der Waals surface area (Å²) in [7, 11) is 0. The van der Waals surface area contributed by atoms with Crippen LogP contribution in [0.1, 0.15) is 11.1 Å². The van der Waals surface area contributed by atoms with Crippen LogP contribution in [0.15, 0.2) is 42.5 Å². The second-order valence-electron chi connectivity index (χ2n) is 7.34. The van der Waals surface area contributed by atoms with Gasteiger partial charge in [-0.2, -0.15) is 0 Å². The van der Waals surface area contributed by atoms with E-state index >= 15 is 0 Å². The summed E-state index contributed by atoms with van der Waals surface area (Å²) < 4.78 is 5.54. The number of carbonyl (C=O) groups is 2. The van der Waals surface area contributed by atoms with Crippen LogP contribution in [0.25, 0.3) is 0 Å². The third kappa shape index (κ3) is 5.71. The van der Waals surface area contributed by atoms with Gasteiger partial charge in [-0.3, -0.25) is 9.59 Å². The molecular formula is C22H27ClN3O3+. The third-order valence-electron chi connectivity index (χ3n) is 5.17. The van der Waals surface area contributed by atoms with Gasteiger partial charge in [-0.15, -0.1) is 0 Å². The Balaban J connectivity index is 1.43. The molecular weight excluding hydrogens is 390 g/mol. The summed E-state index contributed by atoms with van der Waals surface area (Å²) in [5.41, 5.74) is 3.01. The monoisotopic (exact) mass is 416 g/mol. The topological polar surface area (TPSA) is 63.1 Å². The van der Waals surface area contributed by atoms with Gasteiger partial charge in [-0.1, -0.05) is 41.9 Å². The fourth-order valence-corrected chi connectivity index (χ4v) is 3.65. The predicted molar refractivity (Wildman–Crippen MR) is 114 cm³/mol. The van der Waals surface area contributed by atoms with Crippen molar-refractivity contribution < 1.29 is 19.2 Å². The fraction of sp³-hybridized carbons (Fsp3) is 0.364. The Morgan fingerprint density at radius 3 is 2.38 bits per heavy atom. The summed E-state index contributed by atoms with van der Waals surface area (Å²) in [6, 6.07) is 13.1. The van der Waals surface area contributed by atoms with Crippen molar-refractivity contribution in [2.45, 2.75) is 13.8 Å². The highest BCUT2D eigenvalue weighted by molar-refractivity contribution is 6.32. The van der Waals surface area contributed by atoms with Gasteiger partial charge in [-0.25, -0.2) is 0 Å². The molecule has 0 atom stereocenters. The Morgan fingerprint density at radius 1 is 1.07 bits per heavy atom. The molecule has 0 bridgehead atoms. The molecule has 1 heterocycles. The van der Waals surface area contributed by atoms with Gasteiger partial charge in [0.25, 0.3) is 11.8 Å². The number of rotatable bonds is 6. The van der Waals surface area contributed by atoms with Gasteiger partial charge in [0.2, 0.25) is 0 Å². The number of hydrogen-bond acceptors (Lipinski definition) is 3. The van der Waals surface area contributed by atoms with Gasteiger partial charge < -0.3 is 19.9 Å². The highest BCUT2D eigenvalue weighted by Gasteiger charge is 2.25. The first-order chi connectivity index (χ1) is 13.9. The van der Waals surface area contributed by atoms with Crippen molar-refractivity contribution in [2.24, 2.45) is 0 Å². The third-order valence-corrected chi connectivity index (χ3v) is 5.48. The van der Waals surface area contributed by atoms with Gasteiger partial charge in [0.05, 0.1) is 31.2 Å². The Kier molecular flexibility index (Phi) is 7.12. The number of aryl methyl sites for hydroxylation is 2. The van der Waals surface area contributed by atoms with Crippen molar-refractivity contribution >= 4 is 29.1 Å². The molecule has 3 rings (SSSR count). The molecule has 6 nitrogen and oxygen atoms in total. The van der Waals surface area contributed by atoms with E-state index in [0.29, 0.717) is 30.4 Å². The largest absolute Gasteiger partial charge is 0.482 e. The zero-order valence-electron chi connectivity index (χ0n) is 16.8. The highest BCUT2D eigenvalue weighted by atomic mass is 35.5. The molecule has 0 spiro atoms. The molecule has 1 aliphatic rings. The molecule has 2 aromatic carbocycles. The number of ether oxygens (including phenoxy) is 1. The van der Waals surface area contributed by atoms with E-state index in [-0.39, 0.29) is 18.4 Å². The number of anilines is 1. The van der Waals surface area contributed by atoms with Gasteiger partial charge in [0, 0.05) is 5.69 Å². The lowest BCUT2D eigenvalue weighted by Gasteiger charge is -2.31. The molecule has 2 amide bonds. The van der Waals surface area contributed by atoms with Gasteiger partial charge >= 0.3 is 0 Å². The van der Waals surface area contributed by atoms with E-state index < -0.39 is 0 Å². The molecule has 7 heteroatoms. The number of amides is 2. The molecule has 0 aromatic heterocycles. The lowest BCUT2D eigenvalue weighted by Crippen LogP contribution is -3.15. The number of nitrogens with zero attached hydrogens (tertiary/aromatic N) is 1. The maximum atomic E-state index is 12.4.